The van der Waals surface area contributed by atoms with E-state index in [1.807, 2.05) is 59.5 Å². The number of anilines is 1. The molecule has 2 aliphatic heterocycles. The molecule has 0 fully saturated rings. The van der Waals surface area contributed by atoms with Crippen molar-refractivity contribution in [2.75, 3.05) is 11.9 Å². The van der Waals surface area contributed by atoms with E-state index in [9.17, 15) is 9.59 Å². The number of hydrogen-bond acceptors (Lipinski definition) is 4. The van der Waals surface area contributed by atoms with Gasteiger partial charge < -0.3 is 10.2 Å². The van der Waals surface area contributed by atoms with Crippen LogP contribution in [0.25, 0.3) is 21.9 Å². The minimum absolute atomic E-state index is 0.0118. The lowest BCUT2D eigenvalue weighted by atomic mass is 9.94. The third-order valence-electron chi connectivity index (χ3n) is 6.40. The van der Waals surface area contributed by atoms with E-state index < -0.39 is 0 Å². The number of nitriles is 1. The Morgan fingerprint density at radius 3 is 2.76 bits per heavy atom. The number of rotatable bonds is 2. The molecule has 0 bridgehead atoms. The molecule has 3 heterocycles. The molecule has 0 saturated heterocycles. The number of carbonyl (C=O) groups excluding carboxylic acids is 2. The predicted octanol–water partition coefficient (Wildman–Crippen LogP) is 3.73. The second-order valence-corrected chi connectivity index (χ2v) is 8.39. The van der Waals surface area contributed by atoms with Crippen LogP contribution in [0, 0.1) is 11.3 Å². The summed E-state index contributed by atoms with van der Waals surface area (Å²) in [6, 6.07) is 21.6. The molecule has 7 nitrogen and oxygen atoms in total. The lowest BCUT2D eigenvalue weighted by Gasteiger charge is -2.28. The molecule has 1 aromatic heterocycles. The van der Waals surface area contributed by atoms with Crippen molar-refractivity contribution in [3.8, 4) is 17.2 Å². The van der Waals surface area contributed by atoms with Crippen molar-refractivity contribution in [1.82, 2.24) is 14.7 Å². The lowest BCUT2D eigenvalue weighted by Crippen LogP contribution is -2.38. The summed E-state index contributed by atoms with van der Waals surface area (Å²) >= 11 is 0. The number of nitrogens with zero attached hydrogens (tertiary/aromatic N) is 4. The molecule has 2 amide bonds. The van der Waals surface area contributed by atoms with Crippen molar-refractivity contribution >= 4 is 28.3 Å². The van der Waals surface area contributed by atoms with Crippen LogP contribution in [0.2, 0.25) is 0 Å². The first-order valence-electron chi connectivity index (χ1n) is 10.8. The summed E-state index contributed by atoms with van der Waals surface area (Å²) in [6.07, 6.45) is 0.411. The van der Waals surface area contributed by atoms with Gasteiger partial charge in [0.15, 0.2) is 5.69 Å². The highest BCUT2D eigenvalue weighted by Crippen LogP contribution is 2.35. The van der Waals surface area contributed by atoms with Gasteiger partial charge in [-0.2, -0.15) is 10.4 Å². The smallest absolute Gasteiger partial charge is 0.254 e. The average Bonchev–Trinajstić information content (AvgIpc) is 3.43. The fourth-order valence-electron chi connectivity index (χ4n) is 4.79. The van der Waals surface area contributed by atoms with E-state index in [-0.39, 0.29) is 11.8 Å². The normalized spacial score (nSPS) is 14.5. The minimum atomic E-state index is -0.0371. The molecule has 0 atom stereocenters. The summed E-state index contributed by atoms with van der Waals surface area (Å²) < 4.78 is 1.80. The standard InChI is InChI=1S/C26H19N5O2/c27-14-18-13-19-15-30(9-10-31(19)29-18)26(33)23-6-2-4-21-20(3-1-5-22(21)23)16-7-8-17-12-25(32)28-24(17)11-16/h1-8,11,13H,9-10,12,15H2,(H,28,32). The van der Waals surface area contributed by atoms with Crippen LogP contribution in [0.4, 0.5) is 5.69 Å². The number of amides is 2. The van der Waals surface area contributed by atoms with Gasteiger partial charge in [0.2, 0.25) is 5.91 Å². The summed E-state index contributed by atoms with van der Waals surface area (Å²) in [6.45, 7) is 1.53. The molecule has 0 unspecified atom stereocenters. The maximum absolute atomic E-state index is 13.5. The Morgan fingerprint density at radius 2 is 1.88 bits per heavy atom. The van der Waals surface area contributed by atoms with E-state index in [4.69, 9.17) is 5.26 Å². The molecule has 0 spiro atoms. The summed E-state index contributed by atoms with van der Waals surface area (Å²) in [5.74, 6) is -0.0253. The van der Waals surface area contributed by atoms with Crippen LogP contribution in [-0.2, 0) is 24.3 Å². The van der Waals surface area contributed by atoms with Crippen molar-refractivity contribution in [3.63, 3.8) is 0 Å². The van der Waals surface area contributed by atoms with E-state index in [1.54, 1.807) is 10.7 Å². The van der Waals surface area contributed by atoms with Crippen LogP contribution >= 0.6 is 0 Å². The fourth-order valence-corrected chi connectivity index (χ4v) is 4.79. The highest BCUT2D eigenvalue weighted by atomic mass is 16.2. The molecule has 1 N–H and O–H groups in total. The molecule has 0 saturated carbocycles. The highest BCUT2D eigenvalue weighted by Gasteiger charge is 2.25. The van der Waals surface area contributed by atoms with Crippen LogP contribution in [0.1, 0.15) is 27.3 Å². The van der Waals surface area contributed by atoms with Gasteiger partial charge in [-0.3, -0.25) is 14.3 Å². The first-order chi connectivity index (χ1) is 16.1. The number of fused-ring (bicyclic) bond motifs is 3. The van der Waals surface area contributed by atoms with Gasteiger partial charge in [-0.1, -0.05) is 42.5 Å². The second kappa shape index (κ2) is 7.31. The van der Waals surface area contributed by atoms with Crippen molar-refractivity contribution in [1.29, 1.82) is 5.26 Å². The van der Waals surface area contributed by atoms with E-state index in [1.165, 1.54) is 0 Å². The number of hydrogen-bond donors (Lipinski definition) is 1. The number of nitrogens with one attached hydrogen (secondary N) is 1. The zero-order chi connectivity index (χ0) is 22.5. The summed E-state index contributed by atoms with van der Waals surface area (Å²) in [5, 5.41) is 18.2. The molecule has 6 rings (SSSR count). The molecule has 0 aliphatic carbocycles. The van der Waals surface area contributed by atoms with E-state index in [2.05, 4.69) is 16.5 Å². The van der Waals surface area contributed by atoms with Gasteiger partial charge in [0, 0.05) is 17.8 Å². The van der Waals surface area contributed by atoms with Gasteiger partial charge in [-0.05, 0) is 45.7 Å². The van der Waals surface area contributed by atoms with E-state index >= 15 is 0 Å². The Kier molecular flexibility index (Phi) is 4.27. The highest BCUT2D eigenvalue weighted by molar-refractivity contribution is 6.11. The van der Waals surface area contributed by atoms with Crippen molar-refractivity contribution in [3.05, 3.63) is 83.2 Å². The summed E-state index contributed by atoms with van der Waals surface area (Å²) in [5.41, 5.74) is 5.76. The van der Waals surface area contributed by atoms with Gasteiger partial charge >= 0.3 is 0 Å². The maximum atomic E-state index is 13.5. The average molecular weight is 433 g/mol. The molecule has 3 aromatic carbocycles. The Morgan fingerprint density at radius 1 is 1.03 bits per heavy atom. The topological polar surface area (TPSA) is 91.0 Å². The van der Waals surface area contributed by atoms with Crippen LogP contribution in [0.5, 0.6) is 0 Å². The van der Waals surface area contributed by atoms with Crippen molar-refractivity contribution in [2.24, 2.45) is 0 Å². The van der Waals surface area contributed by atoms with Crippen LogP contribution in [0.15, 0.2) is 60.7 Å². The number of carbonyl (C=O) groups is 2. The molecule has 4 aromatic rings. The molecule has 33 heavy (non-hydrogen) atoms. The SMILES string of the molecule is N#Cc1cc2n(n1)CCN(C(=O)c1cccc3c(-c4ccc5c(c4)NC(=O)C5)cccc13)C2. The molecular weight excluding hydrogens is 414 g/mol. The van der Waals surface area contributed by atoms with Gasteiger partial charge in [-0.15, -0.1) is 0 Å². The van der Waals surface area contributed by atoms with Crippen LogP contribution < -0.4 is 5.32 Å². The quantitative estimate of drug-likeness (QED) is 0.522. The Balaban J connectivity index is 1.38. The second-order valence-electron chi connectivity index (χ2n) is 8.39. The number of benzene rings is 3. The monoisotopic (exact) mass is 433 g/mol. The zero-order valence-corrected chi connectivity index (χ0v) is 17.7. The molecule has 160 valence electrons. The zero-order valence-electron chi connectivity index (χ0n) is 17.7. The van der Waals surface area contributed by atoms with Crippen LogP contribution in [-0.4, -0.2) is 33.0 Å². The Hall–Kier alpha value is -4.44. The molecule has 2 aliphatic rings. The first-order valence-corrected chi connectivity index (χ1v) is 10.8. The summed E-state index contributed by atoms with van der Waals surface area (Å²) in [7, 11) is 0. The van der Waals surface area contributed by atoms with Gasteiger partial charge in [-0.25, -0.2) is 0 Å². The van der Waals surface area contributed by atoms with E-state index in [0.29, 0.717) is 37.3 Å². The van der Waals surface area contributed by atoms with Crippen LogP contribution in [0.3, 0.4) is 0 Å². The predicted molar refractivity (Wildman–Crippen MR) is 123 cm³/mol. The largest absolute Gasteiger partial charge is 0.331 e. The van der Waals surface area contributed by atoms with Gasteiger partial charge in [0.1, 0.15) is 6.07 Å². The third-order valence-corrected chi connectivity index (χ3v) is 6.40. The van der Waals surface area contributed by atoms with Gasteiger partial charge in [0.05, 0.1) is 25.2 Å². The van der Waals surface area contributed by atoms with Crippen molar-refractivity contribution in [2.45, 2.75) is 19.5 Å². The fraction of sp³-hybridized carbons (Fsp3) is 0.154. The maximum Gasteiger partial charge on any atom is 0.254 e. The van der Waals surface area contributed by atoms with Crippen molar-refractivity contribution < 1.29 is 9.59 Å². The molecule has 7 heteroatoms. The minimum Gasteiger partial charge on any atom is -0.331 e. The number of aromatic nitrogens is 2. The lowest BCUT2D eigenvalue weighted by molar-refractivity contribution is -0.115. The van der Waals surface area contributed by atoms with Gasteiger partial charge in [0.25, 0.3) is 5.91 Å². The summed E-state index contributed by atoms with van der Waals surface area (Å²) in [4.78, 5) is 27.1. The third kappa shape index (κ3) is 3.15. The first kappa shape index (κ1) is 19.3. The van der Waals surface area contributed by atoms with E-state index in [0.717, 1.165) is 38.8 Å². The molecule has 0 radical (unpaired) electrons. The molecular formula is C26H19N5O2. The Bertz CT molecular complexity index is 1510. The Labute approximate surface area is 189 Å².